The number of hydrogen-bond acceptors (Lipinski definition) is 3. The van der Waals surface area contributed by atoms with Crippen LogP contribution in [-0.2, 0) is 9.59 Å². The van der Waals surface area contributed by atoms with Crippen LogP contribution in [-0.4, -0.2) is 47.6 Å². The minimum absolute atomic E-state index is 0.0435. The molecular formula is C15H26N2O3. The number of aliphatic carboxylic acids is 1. The number of amides is 1. The highest BCUT2D eigenvalue weighted by Gasteiger charge is 2.31. The summed E-state index contributed by atoms with van der Waals surface area (Å²) in [4.78, 5) is 25.6. The van der Waals surface area contributed by atoms with Crippen molar-refractivity contribution in [3.8, 4) is 0 Å². The van der Waals surface area contributed by atoms with E-state index in [0.717, 1.165) is 25.9 Å². The zero-order chi connectivity index (χ0) is 14.5. The van der Waals surface area contributed by atoms with E-state index in [1.165, 1.54) is 12.8 Å². The van der Waals surface area contributed by atoms with E-state index in [1.54, 1.807) is 0 Å². The lowest BCUT2D eigenvalue weighted by molar-refractivity contribution is -0.144. The SMILES string of the molecule is CC(CNC(=O)C1CCCC(C(=O)O)C1)N1CCCC1. The Morgan fingerprint density at radius 3 is 2.50 bits per heavy atom. The van der Waals surface area contributed by atoms with E-state index < -0.39 is 5.97 Å². The van der Waals surface area contributed by atoms with Crippen molar-refractivity contribution in [3.63, 3.8) is 0 Å². The Morgan fingerprint density at radius 2 is 1.85 bits per heavy atom. The van der Waals surface area contributed by atoms with Crippen LogP contribution in [0.5, 0.6) is 0 Å². The number of rotatable bonds is 5. The van der Waals surface area contributed by atoms with Gasteiger partial charge in [0, 0.05) is 18.5 Å². The molecule has 0 spiro atoms. The van der Waals surface area contributed by atoms with Crippen molar-refractivity contribution in [1.29, 1.82) is 0 Å². The summed E-state index contributed by atoms with van der Waals surface area (Å²) < 4.78 is 0. The number of likely N-dealkylation sites (tertiary alicyclic amines) is 1. The molecule has 1 saturated heterocycles. The zero-order valence-corrected chi connectivity index (χ0v) is 12.3. The quantitative estimate of drug-likeness (QED) is 0.801. The predicted octanol–water partition coefficient (Wildman–Crippen LogP) is 1.48. The molecule has 0 aromatic rings. The van der Waals surface area contributed by atoms with Gasteiger partial charge in [0.2, 0.25) is 5.91 Å². The van der Waals surface area contributed by atoms with Gasteiger partial charge >= 0.3 is 5.97 Å². The fourth-order valence-corrected chi connectivity index (χ4v) is 3.36. The first-order chi connectivity index (χ1) is 9.58. The molecule has 0 radical (unpaired) electrons. The molecule has 5 nitrogen and oxygen atoms in total. The number of carbonyl (C=O) groups excluding carboxylic acids is 1. The van der Waals surface area contributed by atoms with Gasteiger partial charge in [-0.05, 0) is 52.1 Å². The number of nitrogens with zero attached hydrogens (tertiary/aromatic N) is 1. The molecule has 1 aliphatic carbocycles. The van der Waals surface area contributed by atoms with Gasteiger partial charge in [0.05, 0.1) is 5.92 Å². The van der Waals surface area contributed by atoms with E-state index in [9.17, 15) is 9.59 Å². The van der Waals surface area contributed by atoms with Crippen LogP contribution in [0.15, 0.2) is 0 Å². The van der Waals surface area contributed by atoms with E-state index in [-0.39, 0.29) is 17.7 Å². The van der Waals surface area contributed by atoms with Gasteiger partial charge in [-0.25, -0.2) is 0 Å². The summed E-state index contributed by atoms with van der Waals surface area (Å²) in [5.41, 5.74) is 0. The summed E-state index contributed by atoms with van der Waals surface area (Å²) in [5.74, 6) is -1.17. The third kappa shape index (κ3) is 3.95. The van der Waals surface area contributed by atoms with Gasteiger partial charge in [0.25, 0.3) is 0 Å². The normalized spacial score (nSPS) is 29.1. The van der Waals surface area contributed by atoms with Crippen molar-refractivity contribution in [2.45, 2.75) is 51.5 Å². The number of nitrogens with one attached hydrogen (secondary N) is 1. The maximum Gasteiger partial charge on any atom is 0.306 e. The molecule has 0 bridgehead atoms. The van der Waals surface area contributed by atoms with Crippen LogP contribution in [0, 0.1) is 11.8 Å². The Kier molecular flexibility index (Phi) is 5.40. The molecule has 1 aliphatic heterocycles. The number of carbonyl (C=O) groups is 2. The Hall–Kier alpha value is -1.10. The summed E-state index contributed by atoms with van der Waals surface area (Å²) in [6.45, 7) is 5.07. The van der Waals surface area contributed by atoms with E-state index in [4.69, 9.17) is 5.11 Å². The van der Waals surface area contributed by atoms with Gasteiger partial charge < -0.3 is 10.4 Å². The molecule has 3 unspecified atom stereocenters. The second-order valence-corrected chi connectivity index (χ2v) is 6.24. The smallest absolute Gasteiger partial charge is 0.306 e. The third-order valence-electron chi connectivity index (χ3n) is 4.73. The highest BCUT2D eigenvalue weighted by atomic mass is 16.4. The first-order valence-electron chi connectivity index (χ1n) is 7.82. The molecular weight excluding hydrogens is 256 g/mol. The summed E-state index contributed by atoms with van der Waals surface area (Å²) in [7, 11) is 0. The Labute approximate surface area is 120 Å². The van der Waals surface area contributed by atoms with Crippen molar-refractivity contribution in [2.75, 3.05) is 19.6 Å². The van der Waals surface area contributed by atoms with Crippen molar-refractivity contribution < 1.29 is 14.7 Å². The van der Waals surface area contributed by atoms with E-state index >= 15 is 0 Å². The van der Waals surface area contributed by atoms with Gasteiger partial charge in [0.1, 0.15) is 0 Å². The summed E-state index contributed by atoms with van der Waals surface area (Å²) >= 11 is 0. The van der Waals surface area contributed by atoms with Crippen molar-refractivity contribution >= 4 is 11.9 Å². The molecule has 0 aromatic carbocycles. The van der Waals surface area contributed by atoms with Crippen LogP contribution >= 0.6 is 0 Å². The van der Waals surface area contributed by atoms with E-state index in [2.05, 4.69) is 17.1 Å². The molecule has 114 valence electrons. The lowest BCUT2D eigenvalue weighted by Crippen LogP contribution is -2.43. The summed E-state index contributed by atoms with van der Waals surface area (Å²) in [5, 5.41) is 12.1. The van der Waals surface area contributed by atoms with Crippen molar-refractivity contribution in [1.82, 2.24) is 10.2 Å². The molecule has 5 heteroatoms. The van der Waals surface area contributed by atoms with Gasteiger partial charge in [-0.1, -0.05) is 6.42 Å². The highest BCUT2D eigenvalue weighted by molar-refractivity contribution is 5.80. The zero-order valence-electron chi connectivity index (χ0n) is 12.3. The lowest BCUT2D eigenvalue weighted by Gasteiger charge is -2.28. The number of carboxylic acid groups (broad SMARTS) is 1. The van der Waals surface area contributed by atoms with E-state index in [0.29, 0.717) is 25.4 Å². The fourth-order valence-electron chi connectivity index (χ4n) is 3.36. The first-order valence-corrected chi connectivity index (χ1v) is 7.82. The molecule has 1 amide bonds. The van der Waals surface area contributed by atoms with Crippen LogP contribution < -0.4 is 5.32 Å². The molecule has 20 heavy (non-hydrogen) atoms. The minimum Gasteiger partial charge on any atom is -0.481 e. The van der Waals surface area contributed by atoms with Crippen molar-refractivity contribution in [2.24, 2.45) is 11.8 Å². The molecule has 3 atom stereocenters. The van der Waals surface area contributed by atoms with Crippen LogP contribution in [0.1, 0.15) is 45.4 Å². The maximum absolute atomic E-state index is 12.2. The Morgan fingerprint density at radius 1 is 1.20 bits per heavy atom. The monoisotopic (exact) mass is 282 g/mol. The number of carboxylic acids is 1. The van der Waals surface area contributed by atoms with Gasteiger partial charge in [0.15, 0.2) is 0 Å². The van der Waals surface area contributed by atoms with Gasteiger partial charge in [-0.2, -0.15) is 0 Å². The van der Waals surface area contributed by atoms with Crippen molar-refractivity contribution in [3.05, 3.63) is 0 Å². The van der Waals surface area contributed by atoms with Gasteiger partial charge in [-0.15, -0.1) is 0 Å². The Bertz CT molecular complexity index is 353. The second-order valence-electron chi connectivity index (χ2n) is 6.24. The molecule has 1 saturated carbocycles. The minimum atomic E-state index is -0.757. The standard InChI is InChI=1S/C15H26N2O3/c1-11(17-7-2-3-8-17)10-16-14(18)12-5-4-6-13(9-12)15(19)20/h11-13H,2-10H2,1H3,(H,16,18)(H,19,20). The van der Waals surface area contributed by atoms with E-state index in [1.807, 2.05) is 0 Å². The predicted molar refractivity (Wildman–Crippen MR) is 76.4 cm³/mol. The Balaban J connectivity index is 1.74. The molecule has 0 aromatic heterocycles. The van der Waals surface area contributed by atoms with Crippen LogP contribution in [0.25, 0.3) is 0 Å². The topological polar surface area (TPSA) is 69.6 Å². The average Bonchev–Trinajstić information content (AvgIpc) is 2.98. The highest BCUT2D eigenvalue weighted by Crippen LogP contribution is 2.29. The molecule has 2 fully saturated rings. The van der Waals surface area contributed by atoms with Crippen LogP contribution in [0.3, 0.4) is 0 Å². The fraction of sp³-hybridized carbons (Fsp3) is 0.867. The number of hydrogen-bond donors (Lipinski definition) is 2. The average molecular weight is 282 g/mol. The molecule has 2 rings (SSSR count). The van der Waals surface area contributed by atoms with Crippen LogP contribution in [0.4, 0.5) is 0 Å². The third-order valence-corrected chi connectivity index (χ3v) is 4.73. The summed E-state index contributed by atoms with van der Waals surface area (Å²) in [6, 6.07) is 0.375. The molecule has 2 aliphatic rings. The second kappa shape index (κ2) is 7.07. The largest absolute Gasteiger partial charge is 0.481 e. The lowest BCUT2D eigenvalue weighted by atomic mass is 9.81. The molecule has 1 heterocycles. The summed E-state index contributed by atoms with van der Waals surface area (Å²) in [6.07, 6.45) is 5.38. The maximum atomic E-state index is 12.2. The van der Waals surface area contributed by atoms with Gasteiger partial charge in [-0.3, -0.25) is 14.5 Å². The van der Waals surface area contributed by atoms with Crippen LogP contribution in [0.2, 0.25) is 0 Å². The first kappa shape index (κ1) is 15.3. The molecule has 2 N–H and O–H groups in total.